The molecule has 3 aliphatic rings. The highest BCUT2D eigenvalue weighted by molar-refractivity contribution is 5.79. The van der Waals surface area contributed by atoms with Crippen LogP contribution >= 0.6 is 0 Å². The normalized spacial score (nSPS) is 21.0. The van der Waals surface area contributed by atoms with Gasteiger partial charge in [-0.05, 0) is 97.2 Å². The lowest BCUT2D eigenvalue weighted by atomic mass is 9.74. The van der Waals surface area contributed by atoms with Crippen molar-refractivity contribution in [3.8, 4) is 0 Å². The lowest BCUT2D eigenvalue weighted by Gasteiger charge is -2.28. The molecule has 0 spiro atoms. The van der Waals surface area contributed by atoms with E-state index in [1.165, 1.54) is 24.3 Å². The Morgan fingerprint density at radius 3 is 1.31 bits per heavy atom. The summed E-state index contributed by atoms with van der Waals surface area (Å²) in [6.45, 7) is 3.09. The van der Waals surface area contributed by atoms with Gasteiger partial charge in [-0.1, -0.05) is 0 Å². The van der Waals surface area contributed by atoms with E-state index in [9.17, 15) is 79.2 Å². The molecule has 3 aliphatic heterocycles. The highest BCUT2D eigenvalue weighted by Crippen LogP contribution is 2.51. The molecule has 8 bridgehead atoms. The molecule has 62 heavy (non-hydrogen) atoms. The van der Waals surface area contributed by atoms with Crippen molar-refractivity contribution in [2.24, 2.45) is 10.8 Å². The van der Waals surface area contributed by atoms with Crippen molar-refractivity contribution in [2.75, 3.05) is 0 Å². The predicted octanol–water partition coefficient (Wildman–Crippen LogP) is 1.89. The molecular formula is C42H46N4O16. The van der Waals surface area contributed by atoms with E-state index in [1.54, 1.807) is 13.8 Å². The van der Waals surface area contributed by atoms with Gasteiger partial charge >= 0.3 is 47.8 Å². The molecule has 330 valence electrons. The molecule has 20 nitrogen and oxygen atoms in total. The Morgan fingerprint density at radius 2 is 0.839 bits per heavy atom. The average molecular weight is 863 g/mol. The van der Waals surface area contributed by atoms with E-state index < -0.39 is 110 Å². The van der Waals surface area contributed by atoms with Gasteiger partial charge in [0.1, 0.15) is 0 Å². The third-order valence-corrected chi connectivity index (χ3v) is 11.5. The first kappa shape index (κ1) is 45.7. The number of aromatic nitrogens is 2. The minimum absolute atomic E-state index is 0.0996. The number of nitrogens with one attached hydrogen (secondary N) is 4. The minimum Gasteiger partial charge on any atom is -0.481 e. The third-order valence-electron chi connectivity index (χ3n) is 11.5. The topological polar surface area (TPSA) is 354 Å². The summed E-state index contributed by atoms with van der Waals surface area (Å²) in [7, 11) is 0. The van der Waals surface area contributed by atoms with E-state index in [-0.39, 0.29) is 104 Å². The minimum atomic E-state index is -1.52. The molecule has 2 aromatic rings. The summed E-state index contributed by atoms with van der Waals surface area (Å²) < 4.78 is 0. The second-order valence-corrected chi connectivity index (χ2v) is 15.8. The molecule has 0 saturated heterocycles. The fourth-order valence-corrected chi connectivity index (χ4v) is 8.62. The van der Waals surface area contributed by atoms with Gasteiger partial charge in [0.2, 0.25) is 0 Å². The van der Waals surface area contributed by atoms with Crippen LogP contribution in [-0.2, 0) is 64.0 Å². The molecule has 0 aliphatic carbocycles. The fraction of sp³-hybridized carbons (Fsp3) is 0.381. The number of hydrogen-bond donors (Lipinski definition) is 12. The molecule has 20 heteroatoms. The van der Waals surface area contributed by atoms with Gasteiger partial charge in [-0.3, -0.25) is 38.4 Å². The number of carboxylic acid groups (broad SMARTS) is 8. The molecule has 0 aromatic carbocycles. The van der Waals surface area contributed by atoms with Crippen molar-refractivity contribution >= 4 is 66.0 Å². The molecule has 0 radical (unpaired) electrons. The van der Waals surface area contributed by atoms with Gasteiger partial charge in [0, 0.05) is 81.4 Å². The maximum Gasteiger partial charge on any atom is 0.307 e. The summed E-state index contributed by atoms with van der Waals surface area (Å²) >= 11 is 0. The Labute approximate surface area is 351 Å². The van der Waals surface area contributed by atoms with Gasteiger partial charge in [-0.25, -0.2) is 0 Å². The first-order valence-electron chi connectivity index (χ1n) is 19.4. The van der Waals surface area contributed by atoms with E-state index in [4.69, 9.17) is 0 Å². The number of hydrogen-bond acceptors (Lipinski definition) is 10. The quantitative estimate of drug-likeness (QED) is 0.0904. The van der Waals surface area contributed by atoms with Crippen molar-refractivity contribution < 1.29 is 79.2 Å². The molecule has 2 atom stereocenters. The zero-order chi connectivity index (χ0) is 45.8. The van der Waals surface area contributed by atoms with E-state index in [0.29, 0.717) is 0 Å². The summed E-state index contributed by atoms with van der Waals surface area (Å²) in [4.78, 5) is 104. The molecule has 0 saturated carbocycles. The predicted molar refractivity (Wildman–Crippen MR) is 214 cm³/mol. The Hall–Kier alpha value is -7.38. The number of fused-ring (bicyclic) bond motifs is 8. The molecule has 12 N–H and O–H groups in total. The van der Waals surface area contributed by atoms with E-state index in [1.807, 2.05) is 0 Å². The van der Waals surface area contributed by atoms with E-state index >= 15 is 0 Å². The molecule has 0 amide bonds. The zero-order valence-electron chi connectivity index (χ0n) is 33.6. The highest BCUT2D eigenvalue weighted by Gasteiger charge is 2.46. The Morgan fingerprint density at radius 1 is 0.435 bits per heavy atom. The number of carbonyl (C=O) groups is 8. The number of aliphatic carboxylic acids is 8. The summed E-state index contributed by atoms with van der Waals surface area (Å²) in [5.74, 6) is -10.1. The van der Waals surface area contributed by atoms with Gasteiger partial charge in [-0.15, -0.1) is 0 Å². The van der Waals surface area contributed by atoms with Crippen molar-refractivity contribution in [3.05, 3.63) is 84.4 Å². The maximum atomic E-state index is 12.6. The molecule has 0 fully saturated rings. The van der Waals surface area contributed by atoms with Crippen molar-refractivity contribution in [1.82, 2.24) is 20.6 Å². The first-order chi connectivity index (χ1) is 29.0. The van der Waals surface area contributed by atoms with Crippen molar-refractivity contribution in [3.63, 3.8) is 0 Å². The fourth-order valence-electron chi connectivity index (χ4n) is 8.62. The van der Waals surface area contributed by atoms with Gasteiger partial charge in [0.05, 0.1) is 25.7 Å². The van der Waals surface area contributed by atoms with Crippen LogP contribution in [-0.4, -0.2) is 98.6 Å². The maximum absolute atomic E-state index is 12.6. The molecular weight excluding hydrogens is 816 g/mol. The SMILES string of the molecule is C[C@@]1(CC(=O)O)C2=CC3=C(CCC(=O)O)[C@](C)(CC(=O)O)/C(=C/c4[nH]c(c(CCC(=O)O)c4CC(=O)O)/C=c4\[nH]/c(c(CC(=O)O)c4CCC(=O)O)=C\C(=C1CCC(=O)O)N2)N3. The summed E-state index contributed by atoms with van der Waals surface area (Å²) in [5, 5.41) is 86.4. The van der Waals surface area contributed by atoms with Crippen LogP contribution in [0.25, 0.3) is 18.2 Å². The largest absolute Gasteiger partial charge is 0.481 e. The van der Waals surface area contributed by atoms with Crippen LogP contribution < -0.4 is 21.3 Å². The second kappa shape index (κ2) is 18.1. The summed E-state index contributed by atoms with van der Waals surface area (Å²) in [6.07, 6.45) is 0.568. The molecule has 5 heterocycles. The zero-order valence-corrected chi connectivity index (χ0v) is 33.6. The standard InChI is InChI=1S/C42H46N4O16/c1-41(17-39(59)60)23(5-9-35(51)52)29-14-27-21(11-37(55)56)19(3-7-33(47)48)25(43-27)13-26-20(4-8-34(49)50)22(12-38(57)58)28(44-26)15-31-42(2,18-40(61)62)24(6-10-36(53)54)30(46-31)16-32(41)45-29/h13-16,43-46H,3-12,17-18H2,1-2H3,(H,47,48)(H,49,50)(H,51,52)(H,53,54)(H,55,56)(H,57,58)(H,59,60)(H,61,62)/b25-13-,27-14-,31-15-,32-16?/t41-,42-/m0/s1. The van der Waals surface area contributed by atoms with Gasteiger partial charge < -0.3 is 61.5 Å². The lowest BCUT2D eigenvalue weighted by Crippen LogP contribution is -2.26. The molecule has 2 aromatic heterocycles. The Balaban J connectivity index is 2.05. The number of carboxylic acids is 8. The Kier molecular flexibility index (Phi) is 13.3. The number of H-pyrrole nitrogens is 2. The number of aromatic amines is 2. The van der Waals surface area contributed by atoms with Crippen LogP contribution in [0.4, 0.5) is 0 Å². The lowest BCUT2D eigenvalue weighted by molar-refractivity contribution is -0.139. The smallest absolute Gasteiger partial charge is 0.307 e. The first-order valence-corrected chi connectivity index (χ1v) is 19.4. The monoisotopic (exact) mass is 862 g/mol. The van der Waals surface area contributed by atoms with Crippen LogP contribution in [0.3, 0.4) is 0 Å². The Bertz CT molecular complexity index is 2550. The van der Waals surface area contributed by atoms with Gasteiger partial charge in [0.15, 0.2) is 0 Å². The summed E-state index contributed by atoms with van der Waals surface area (Å²) in [6, 6.07) is 0. The van der Waals surface area contributed by atoms with Crippen LogP contribution in [0.5, 0.6) is 0 Å². The van der Waals surface area contributed by atoms with Crippen LogP contribution in [0, 0.1) is 10.8 Å². The van der Waals surface area contributed by atoms with Gasteiger partial charge in [-0.2, -0.15) is 0 Å². The van der Waals surface area contributed by atoms with Crippen molar-refractivity contribution in [1.29, 1.82) is 0 Å². The van der Waals surface area contributed by atoms with E-state index in [0.717, 1.165) is 0 Å². The third kappa shape index (κ3) is 9.96. The van der Waals surface area contributed by atoms with Crippen LogP contribution in [0.1, 0.15) is 98.9 Å². The van der Waals surface area contributed by atoms with E-state index in [2.05, 4.69) is 20.6 Å². The van der Waals surface area contributed by atoms with Crippen molar-refractivity contribution in [2.45, 2.75) is 90.9 Å². The molecule has 0 unspecified atom stereocenters. The summed E-state index contributed by atoms with van der Waals surface area (Å²) in [5.41, 5.74) is -0.882. The van der Waals surface area contributed by atoms with Gasteiger partial charge in [0.25, 0.3) is 0 Å². The number of allylic oxidation sites excluding steroid dienone is 4. The highest BCUT2D eigenvalue weighted by atomic mass is 16.4. The number of rotatable bonds is 20. The second-order valence-electron chi connectivity index (χ2n) is 15.8. The van der Waals surface area contributed by atoms with Crippen LogP contribution in [0.15, 0.2) is 40.0 Å². The van der Waals surface area contributed by atoms with Crippen LogP contribution in [0.2, 0.25) is 0 Å². The molecule has 5 rings (SSSR count). The average Bonchev–Trinajstić information content (AvgIpc) is 3.77.